The van der Waals surface area contributed by atoms with E-state index in [-0.39, 0.29) is 18.4 Å². The standard InChI is InChI=1S/C16H16Cl3N.ClH/c1-20(11-10-17)16(12-2-6-14(18)7-3-12)13-4-8-15(19)9-5-13;/h2-9,16H,10-11H2,1H3;1H. The van der Waals surface area contributed by atoms with Crippen LogP contribution in [-0.4, -0.2) is 24.4 Å². The summed E-state index contributed by atoms with van der Waals surface area (Å²) in [4.78, 5) is 2.22. The lowest BCUT2D eigenvalue weighted by atomic mass is 9.97. The number of rotatable bonds is 5. The van der Waals surface area contributed by atoms with E-state index in [1.807, 2.05) is 48.5 Å². The van der Waals surface area contributed by atoms with Crippen LogP contribution >= 0.6 is 47.2 Å². The number of hydrogen-bond acceptors (Lipinski definition) is 1. The van der Waals surface area contributed by atoms with Crippen LogP contribution < -0.4 is 0 Å². The van der Waals surface area contributed by atoms with E-state index in [9.17, 15) is 0 Å². The molecular weight excluding hydrogens is 348 g/mol. The largest absolute Gasteiger partial charge is 0.294 e. The van der Waals surface area contributed by atoms with Gasteiger partial charge >= 0.3 is 0 Å². The Morgan fingerprint density at radius 1 is 0.857 bits per heavy atom. The van der Waals surface area contributed by atoms with E-state index in [1.165, 1.54) is 11.1 Å². The second-order valence-corrected chi connectivity index (χ2v) is 5.93. The summed E-state index contributed by atoms with van der Waals surface area (Å²) in [7, 11) is 2.07. The number of nitrogens with zero attached hydrogens (tertiary/aromatic N) is 1. The molecule has 2 aromatic rings. The molecule has 0 saturated carbocycles. The predicted octanol–water partition coefficient (Wildman–Crippen LogP) is 5.68. The first kappa shape index (κ1) is 18.6. The summed E-state index contributed by atoms with van der Waals surface area (Å²) in [5.74, 6) is 0.591. The van der Waals surface area contributed by atoms with Gasteiger partial charge in [-0.25, -0.2) is 0 Å². The summed E-state index contributed by atoms with van der Waals surface area (Å²) in [6.45, 7) is 0.803. The number of alkyl halides is 1. The third-order valence-corrected chi connectivity index (χ3v) is 3.92. The van der Waals surface area contributed by atoms with Gasteiger partial charge in [0.2, 0.25) is 0 Å². The van der Waals surface area contributed by atoms with E-state index in [0.717, 1.165) is 16.6 Å². The van der Waals surface area contributed by atoms with Gasteiger partial charge in [-0.1, -0.05) is 47.5 Å². The second kappa shape index (κ2) is 8.87. The van der Waals surface area contributed by atoms with E-state index in [0.29, 0.717) is 5.88 Å². The monoisotopic (exact) mass is 363 g/mol. The molecule has 0 bridgehead atoms. The van der Waals surface area contributed by atoms with Gasteiger partial charge in [-0.05, 0) is 42.4 Å². The van der Waals surface area contributed by atoms with Crippen molar-refractivity contribution in [2.75, 3.05) is 19.5 Å². The van der Waals surface area contributed by atoms with Gasteiger partial charge in [-0.2, -0.15) is 0 Å². The fraction of sp³-hybridized carbons (Fsp3) is 0.250. The third kappa shape index (κ3) is 5.05. The summed E-state index contributed by atoms with van der Waals surface area (Å²) in [5, 5.41) is 1.48. The van der Waals surface area contributed by atoms with Crippen molar-refractivity contribution in [1.82, 2.24) is 4.90 Å². The first-order valence-electron chi connectivity index (χ1n) is 6.39. The molecule has 5 heteroatoms. The van der Waals surface area contributed by atoms with Gasteiger partial charge in [-0.15, -0.1) is 24.0 Å². The van der Waals surface area contributed by atoms with E-state index in [1.54, 1.807) is 0 Å². The Hall–Kier alpha value is -0.440. The molecular formula is C16H17Cl4N. The van der Waals surface area contributed by atoms with Gasteiger partial charge < -0.3 is 0 Å². The Morgan fingerprint density at radius 3 is 1.57 bits per heavy atom. The van der Waals surface area contributed by atoms with Crippen molar-refractivity contribution in [2.45, 2.75) is 6.04 Å². The lowest BCUT2D eigenvalue weighted by Crippen LogP contribution is -2.27. The molecule has 0 unspecified atom stereocenters. The van der Waals surface area contributed by atoms with Crippen molar-refractivity contribution in [2.24, 2.45) is 0 Å². The summed E-state index contributed by atoms with van der Waals surface area (Å²) in [6, 6.07) is 16.0. The molecule has 1 nitrogen and oxygen atoms in total. The Balaban J connectivity index is 0.00000220. The van der Waals surface area contributed by atoms with Crippen LogP contribution in [-0.2, 0) is 0 Å². The van der Waals surface area contributed by atoms with E-state index < -0.39 is 0 Å². The smallest absolute Gasteiger partial charge is 0.0599 e. The van der Waals surface area contributed by atoms with Gasteiger partial charge in [0.15, 0.2) is 0 Å². The minimum absolute atomic E-state index is 0. The van der Waals surface area contributed by atoms with Gasteiger partial charge in [0, 0.05) is 22.5 Å². The highest BCUT2D eigenvalue weighted by molar-refractivity contribution is 6.30. The Morgan fingerprint density at radius 2 is 1.24 bits per heavy atom. The Labute approximate surface area is 147 Å². The summed E-state index contributed by atoms with van der Waals surface area (Å²) >= 11 is 17.8. The summed E-state index contributed by atoms with van der Waals surface area (Å²) < 4.78 is 0. The van der Waals surface area contributed by atoms with Crippen molar-refractivity contribution < 1.29 is 0 Å². The third-order valence-electron chi connectivity index (χ3n) is 3.25. The normalized spacial score (nSPS) is 10.8. The van der Waals surface area contributed by atoms with Crippen molar-refractivity contribution in [3.05, 3.63) is 69.7 Å². The molecule has 0 aromatic heterocycles. The highest BCUT2D eigenvalue weighted by Gasteiger charge is 2.18. The molecule has 114 valence electrons. The molecule has 0 heterocycles. The molecule has 0 amide bonds. The summed E-state index contributed by atoms with van der Waals surface area (Å²) in [6.07, 6.45) is 0. The Kier molecular flexibility index (Phi) is 7.86. The second-order valence-electron chi connectivity index (χ2n) is 4.68. The fourth-order valence-corrected chi connectivity index (χ4v) is 2.77. The first-order chi connectivity index (χ1) is 9.61. The van der Waals surface area contributed by atoms with Gasteiger partial charge in [-0.3, -0.25) is 4.90 Å². The molecule has 0 aliphatic rings. The molecule has 0 radical (unpaired) electrons. The van der Waals surface area contributed by atoms with Gasteiger partial charge in [0.05, 0.1) is 6.04 Å². The molecule has 0 N–H and O–H groups in total. The minimum Gasteiger partial charge on any atom is -0.294 e. The fourth-order valence-electron chi connectivity index (χ4n) is 2.25. The van der Waals surface area contributed by atoms with Gasteiger partial charge in [0.25, 0.3) is 0 Å². The van der Waals surface area contributed by atoms with Crippen molar-refractivity contribution in [3.63, 3.8) is 0 Å². The maximum Gasteiger partial charge on any atom is 0.0599 e. The van der Waals surface area contributed by atoms with Crippen molar-refractivity contribution in [1.29, 1.82) is 0 Å². The predicted molar refractivity (Wildman–Crippen MR) is 95.3 cm³/mol. The van der Waals surface area contributed by atoms with Crippen molar-refractivity contribution in [3.8, 4) is 0 Å². The molecule has 0 aliphatic heterocycles. The molecule has 0 saturated heterocycles. The zero-order valence-corrected chi connectivity index (χ0v) is 14.7. The molecule has 0 aliphatic carbocycles. The molecule has 0 atom stereocenters. The Bertz CT molecular complexity index is 494. The maximum atomic E-state index is 5.97. The zero-order valence-electron chi connectivity index (χ0n) is 11.6. The topological polar surface area (TPSA) is 3.24 Å². The number of halogens is 4. The first-order valence-corrected chi connectivity index (χ1v) is 7.68. The molecule has 2 rings (SSSR count). The SMILES string of the molecule is CN(CCCl)C(c1ccc(Cl)cc1)c1ccc(Cl)cc1.Cl. The highest BCUT2D eigenvalue weighted by atomic mass is 35.5. The van der Waals surface area contributed by atoms with Crippen LogP contribution in [0.15, 0.2) is 48.5 Å². The van der Waals surface area contributed by atoms with E-state index in [4.69, 9.17) is 34.8 Å². The highest BCUT2D eigenvalue weighted by Crippen LogP contribution is 2.29. The summed E-state index contributed by atoms with van der Waals surface area (Å²) in [5.41, 5.74) is 2.37. The quantitative estimate of drug-likeness (QED) is 0.617. The molecule has 21 heavy (non-hydrogen) atoms. The van der Waals surface area contributed by atoms with Crippen molar-refractivity contribution >= 4 is 47.2 Å². The molecule has 0 fully saturated rings. The zero-order chi connectivity index (χ0) is 14.5. The van der Waals surface area contributed by atoms with Crippen LogP contribution in [0.5, 0.6) is 0 Å². The number of benzene rings is 2. The van der Waals surface area contributed by atoms with E-state index in [2.05, 4.69) is 11.9 Å². The van der Waals surface area contributed by atoms with Crippen LogP contribution in [0, 0.1) is 0 Å². The van der Waals surface area contributed by atoms with E-state index >= 15 is 0 Å². The van der Waals surface area contributed by atoms with Crippen LogP contribution in [0.4, 0.5) is 0 Å². The minimum atomic E-state index is 0. The van der Waals surface area contributed by atoms with Crippen LogP contribution in [0.1, 0.15) is 17.2 Å². The lowest BCUT2D eigenvalue weighted by molar-refractivity contribution is 0.296. The molecule has 2 aromatic carbocycles. The van der Waals surface area contributed by atoms with Gasteiger partial charge in [0.1, 0.15) is 0 Å². The van der Waals surface area contributed by atoms with Crippen LogP contribution in [0.2, 0.25) is 10.0 Å². The average molecular weight is 365 g/mol. The van der Waals surface area contributed by atoms with Crippen LogP contribution in [0.25, 0.3) is 0 Å². The number of hydrogen-bond donors (Lipinski definition) is 0. The lowest BCUT2D eigenvalue weighted by Gasteiger charge is -2.28. The van der Waals surface area contributed by atoms with Crippen LogP contribution in [0.3, 0.4) is 0 Å². The average Bonchev–Trinajstić information content (AvgIpc) is 2.44. The molecule has 0 spiro atoms. The maximum absolute atomic E-state index is 5.97.